The standard InChI is InChI=1S/C33H39F3N4O2/c1-4-42-29-20-23-19-24(33(34,35)36)10-11-25(23)30(29)40-18-17-39(21-22(40)2)32(3)12-15-38(16-13-32)31(41)27-7-5-9-28-26(27)8-6-14-37-28/h5-11,14,19,22,29-30H,4,12-13,15-18,20-21H2,1-3H3/t22?,29?,30-/m1/s1. The monoisotopic (exact) mass is 580 g/mol. The van der Waals surface area contributed by atoms with Crippen LogP contribution in [0.15, 0.2) is 54.7 Å². The Morgan fingerprint density at radius 3 is 2.57 bits per heavy atom. The van der Waals surface area contributed by atoms with Gasteiger partial charge in [-0.3, -0.25) is 19.6 Å². The summed E-state index contributed by atoms with van der Waals surface area (Å²) in [5.41, 5.74) is 2.62. The van der Waals surface area contributed by atoms with Gasteiger partial charge in [-0.15, -0.1) is 0 Å². The van der Waals surface area contributed by atoms with Crippen LogP contribution in [0, 0.1) is 0 Å². The van der Waals surface area contributed by atoms with Gasteiger partial charge in [-0.05, 0) is 75.1 Å². The maximum Gasteiger partial charge on any atom is 0.416 e. The van der Waals surface area contributed by atoms with Crippen molar-refractivity contribution in [1.82, 2.24) is 19.7 Å². The third-order valence-corrected chi connectivity index (χ3v) is 9.75. The molecule has 3 aromatic rings. The predicted molar refractivity (Wildman–Crippen MR) is 156 cm³/mol. The van der Waals surface area contributed by atoms with Crippen molar-refractivity contribution >= 4 is 16.8 Å². The summed E-state index contributed by atoms with van der Waals surface area (Å²) in [5.74, 6) is 0.0596. The molecule has 2 unspecified atom stereocenters. The van der Waals surface area contributed by atoms with E-state index in [4.69, 9.17) is 4.74 Å². The number of amides is 1. The molecule has 0 saturated carbocycles. The number of nitrogens with zero attached hydrogens (tertiary/aromatic N) is 4. The molecular formula is C33H39F3N4O2. The maximum atomic E-state index is 13.5. The minimum absolute atomic E-state index is 0.0219. The van der Waals surface area contributed by atoms with Gasteiger partial charge in [0.05, 0.1) is 23.2 Å². The largest absolute Gasteiger partial charge is 0.416 e. The Labute approximate surface area is 245 Å². The van der Waals surface area contributed by atoms with Gasteiger partial charge >= 0.3 is 6.18 Å². The van der Waals surface area contributed by atoms with Gasteiger partial charge in [0, 0.05) is 74.5 Å². The fourth-order valence-corrected chi connectivity index (χ4v) is 7.38. The molecule has 2 aliphatic heterocycles. The Balaban J connectivity index is 1.13. The van der Waals surface area contributed by atoms with Crippen LogP contribution in [-0.4, -0.2) is 82.6 Å². The van der Waals surface area contributed by atoms with E-state index < -0.39 is 11.7 Å². The molecule has 0 bridgehead atoms. The highest BCUT2D eigenvalue weighted by Crippen LogP contribution is 2.43. The van der Waals surface area contributed by atoms with Crippen LogP contribution in [-0.2, 0) is 17.3 Å². The third kappa shape index (κ3) is 5.31. The van der Waals surface area contributed by atoms with Crippen LogP contribution in [0.3, 0.4) is 0 Å². The molecule has 1 aliphatic carbocycles. The van der Waals surface area contributed by atoms with Crippen LogP contribution >= 0.6 is 0 Å². The first-order valence-corrected chi connectivity index (χ1v) is 15.0. The highest BCUT2D eigenvalue weighted by atomic mass is 19.4. The quantitative estimate of drug-likeness (QED) is 0.373. The van der Waals surface area contributed by atoms with Gasteiger partial charge in [0.25, 0.3) is 5.91 Å². The number of benzene rings is 2. The van der Waals surface area contributed by atoms with E-state index in [1.807, 2.05) is 42.2 Å². The van der Waals surface area contributed by atoms with Gasteiger partial charge in [0.1, 0.15) is 0 Å². The molecule has 0 radical (unpaired) electrons. The van der Waals surface area contributed by atoms with E-state index in [1.54, 1.807) is 12.3 Å². The second kappa shape index (κ2) is 11.2. The SMILES string of the molecule is CCOC1Cc2cc(C(F)(F)F)ccc2[C@H]1N1CCN(C2(C)CCN(C(=O)c3cccc4ncccc34)CC2)CC1C. The minimum atomic E-state index is -4.35. The number of ether oxygens (including phenoxy) is 1. The molecule has 42 heavy (non-hydrogen) atoms. The molecule has 3 heterocycles. The number of likely N-dealkylation sites (tertiary alicyclic amines) is 1. The number of hydrogen-bond acceptors (Lipinski definition) is 5. The number of hydrogen-bond donors (Lipinski definition) is 0. The number of piperazine rings is 1. The van der Waals surface area contributed by atoms with Gasteiger partial charge < -0.3 is 9.64 Å². The first kappa shape index (κ1) is 29.1. The third-order valence-electron chi connectivity index (χ3n) is 9.75. The first-order chi connectivity index (χ1) is 20.1. The summed E-state index contributed by atoms with van der Waals surface area (Å²) < 4.78 is 46.4. The summed E-state index contributed by atoms with van der Waals surface area (Å²) in [6.07, 6.45) is -0.481. The lowest BCUT2D eigenvalue weighted by atomic mass is 9.86. The van der Waals surface area contributed by atoms with E-state index in [9.17, 15) is 18.0 Å². The Kier molecular flexibility index (Phi) is 7.79. The van der Waals surface area contributed by atoms with Crippen LogP contribution in [0.4, 0.5) is 13.2 Å². The zero-order valence-electron chi connectivity index (χ0n) is 24.5. The molecule has 6 nitrogen and oxygen atoms in total. The number of rotatable bonds is 5. The normalized spacial score (nSPS) is 25.1. The molecular weight excluding hydrogens is 541 g/mol. The van der Waals surface area contributed by atoms with E-state index in [-0.39, 0.29) is 29.6 Å². The summed E-state index contributed by atoms with van der Waals surface area (Å²) in [7, 11) is 0. The van der Waals surface area contributed by atoms with E-state index in [0.717, 1.165) is 54.5 Å². The van der Waals surface area contributed by atoms with Crippen molar-refractivity contribution in [3.63, 3.8) is 0 Å². The Hall–Kier alpha value is -3.01. The van der Waals surface area contributed by atoms with Crippen molar-refractivity contribution in [3.8, 4) is 0 Å². The van der Waals surface area contributed by atoms with Crippen molar-refractivity contribution in [1.29, 1.82) is 0 Å². The molecule has 1 amide bonds. The molecule has 2 fully saturated rings. The molecule has 0 spiro atoms. The van der Waals surface area contributed by atoms with Crippen molar-refractivity contribution < 1.29 is 22.7 Å². The second-order valence-electron chi connectivity index (χ2n) is 12.3. The van der Waals surface area contributed by atoms with Crippen molar-refractivity contribution in [2.24, 2.45) is 0 Å². The smallest absolute Gasteiger partial charge is 0.376 e. The molecule has 0 N–H and O–H groups in total. The van der Waals surface area contributed by atoms with Gasteiger partial charge in [0.15, 0.2) is 0 Å². The molecule has 224 valence electrons. The Bertz CT molecular complexity index is 1450. The topological polar surface area (TPSA) is 48.9 Å². The van der Waals surface area contributed by atoms with Crippen LogP contribution < -0.4 is 0 Å². The second-order valence-corrected chi connectivity index (χ2v) is 12.3. The van der Waals surface area contributed by atoms with Crippen LogP contribution in [0.25, 0.3) is 10.9 Å². The maximum absolute atomic E-state index is 13.5. The van der Waals surface area contributed by atoms with E-state index >= 15 is 0 Å². The Morgan fingerprint density at radius 1 is 1.07 bits per heavy atom. The van der Waals surface area contributed by atoms with Crippen LogP contribution in [0.1, 0.15) is 66.7 Å². The van der Waals surface area contributed by atoms with Crippen molar-refractivity contribution in [2.75, 3.05) is 39.3 Å². The number of alkyl halides is 3. The summed E-state index contributed by atoms with van der Waals surface area (Å²) >= 11 is 0. The number of aromatic nitrogens is 1. The Morgan fingerprint density at radius 2 is 1.86 bits per heavy atom. The highest BCUT2D eigenvalue weighted by Gasteiger charge is 2.45. The van der Waals surface area contributed by atoms with Crippen molar-refractivity contribution in [3.05, 3.63) is 77.0 Å². The van der Waals surface area contributed by atoms with Crippen LogP contribution in [0.2, 0.25) is 0 Å². The fourth-order valence-electron chi connectivity index (χ4n) is 7.38. The molecule has 3 aliphatic rings. The highest BCUT2D eigenvalue weighted by molar-refractivity contribution is 6.06. The van der Waals surface area contributed by atoms with Gasteiger partial charge in [-0.2, -0.15) is 13.2 Å². The van der Waals surface area contributed by atoms with Crippen molar-refractivity contribution in [2.45, 2.75) is 69.9 Å². The summed E-state index contributed by atoms with van der Waals surface area (Å²) in [4.78, 5) is 24.9. The number of piperidine rings is 1. The molecule has 6 rings (SSSR count). The number of carbonyl (C=O) groups excluding carboxylic acids is 1. The molecule has 1 aromatic heterocycles. The lowest BCUT2D eigenvalue weighted by Gasteiger charge is -2.53. The van der Waals surface area contributed by atoms with Gasteiger partial charge in [-0.25, -0.2) is 0 Å². The fraction of sp³-hybridized carbons (Fsp3) is 0.515. The molecule has 2 saturated heterocycles. The minimum Gasteiger partial charge on any atom is -0.376 e. The average Bonchev–Trinajstić information content (AvgIpc) is 3.33. The summed E-state index contributed by atoms with van der Waals surface area (Å²) in [6, 6.07) is 13.9. The molecule has 9 heteroatoms. The molecule has 3 atom stereocenters. The summed E-state index contributed by atoms with van der Waals surface area (Å²) in [6.45, 7) is 10.9. The van der Waals surface area contributed by atoms with E-state index in [1.165, 1.54) is 12.1 Å². The number of carbonyl (C=O) groups is 1. The lowest BCUT2D eigenvalue weighted by Crippen LogP contribution is -2.62. The first-order valence-electron chi connectivity index (χ1n) is 15.0. The predicted octanol–water partition coefficient (Wildman–Crippen LogP) is 5.96. The van der Waals surface area contributed by atoms with E-state index in [0.29, 0.717) is 31.7 Å². The van der Waals surface area contributed by atoms with E-state index in [2.05, 4.69) is 28.6 Å². The lowest BCUT2D eigenvalue weighted by molar-refractivity contribution is -0.137. The van der Waals surface area contributed by atoms with Gasteiger partial charge in [-0.1, -0.05) is 18.2 Å². The molecule has 2 aromatic carbocycles. The number of fused-ring (bicyclic) bond motifs is 2. The van der Waals surface area contributed by atoms with Crippen LogP contribution in [0.5, 0.6) is 0 Å². The van der Waals surface area contributed by atoms with Gasteiger partial charge in [0.2, 0.25) is 0 Å². The number of pyridine rings is 1. The average molecular weight is 581 g/mol. The zero-order valence-corrected chi connectivity index (χ0v) is 24.5. The summed E-state index contributed by atoms with van der Waals surface area (Å²) in [5, 5.41) is 0.886. The zero-order chi connectivity index (χ0) is 29.6. The number of halogens is 3.